The number of rotatable bonds is 5. The molecular weight excluding hydrogens is 440 g/mol. The van der Waals surface area contributed by atoms with Crippen LogP contribution in [0.5, 0.6) is 5.75 Å². The van der Waals surface area contributed by atoms with Crippen LogP contribution in [-0.4, -0.2) is 25.8 Å². The number of ether oxygens (including phenoxy) is 1. The standard InChI is InChI=1S/C25H25ClN4O3/c1-33-21-14-8-5-9-17(21)15-28-16-27-23-22(28)24(31)29(18-10-3-2-4-11-18)25(32)30(23)20-13-7-6-12-19(20)26/h5-9,12-14,16,18H,2-4,10-11,15H2,1H3. The van der Waals surface area contributed by atoms with E-state index < -0.39 is 5.69 Å². The number of aromatic nitrogens is 4. The lowest BCUT2D eigenvalue weighted by Crippen LogP contribution is -2.43. The molecule has 2 heterocycles. The van der Waals surface area contributed by atoms with Crippen molar-refractivity contribution in [3.05, 3.63) is 86.3 Å². The van der Waals surface area contributed by atoms with Crippen molar-refractivity contribution in [1.29, 1.82) is 0 Å². The van der Waals surface area contributed by atoms with Crippen LogP contribution in [0, 0.1) is 0 Å². The molecule has 0 unspecified atom stereocenters. The van der Waals surface area contributed by atoms with Gasteiger partial charge in [0.1, 0.15) is 5.75 Å². The summed E-state index contributed by atoms with van der Waals surface area (Å²) in [5, 5.41) is 0.425. The zero-order valence-electron chi connectivity index (χ0n) is 18.4. The van der Waals surface area contributed by atoms with E-state index in [4.69, 9.17) is 16.3 Å². The first-order valence-electron chi connectivity index (χ1n) is 11.2. The third-order valence-corrected chi connectivity index (χ3v) is 6.73. The maximum Gasteiger partial charge on any atom is 0.337 e. The highest BCUT2D eigenvalue weighted by molar-refractivity contribution is 6.32. The molecule has 2 aromatic carbocycles. The SMILES string of the molecule is COc1ccccc1Cn1cnc2c1c(=O)n(C1CCCCC1)c(=O)n2-c1ccccc1Cl. The third-order valence-electron chi connectivity index (χ3n) is 6.42. The Morgan fingerprint density at radius 3 is 2.52 bits per heavy atom. The summed E-state index contributed by atoms with van der Waals surface area (Å²) >= 11 is 6.49. The van der Waals surface area contributed by atoms with Gasteiger partial charge in [-0.25, -0.2) is 14.3 Å². The number of imidazole rings is 1. The van der Waals surface area contributed by atoms with Gasteiger partial charge < -0.3 is 9.30 Å². The summed E-state index contributed by atoms with van der Waals surface area (Å²) in [5.41, 5.74) is 1.42. The maximum atomic E-state index is 13.8. The number of hydrogen-bond donors (Lipinski definition) is 0. The molecule has 8 heteroatoms. The molecule has 0 amide bonds. The lowest BCUT2D eigenvalue weighted by Gasteiger charge is -2.24. The van der Waals surface area contributed by atoms with Gasteiger partial charge in [0.15, 0.2) is 11.2 Å². The second-order valence-corrected chi connectivity index (χ2v) is 8.80. The van der Waals surface area contributed by atoms with Gasteiger partial charge in [-0.05, 0) is 31.0 Å². The molecule has 1 aliphatic carbocycles. The number of nitrogens with zero attached hydrogens (tertiary/aromatic N) is 4. The summed E-state index contributed by atoms with van der Waals surface area (Å²) in [7, 11) is 1.62. The average molecular weight is 465 g/mol. The monoisotopic (exact) mass is 464 g/mol. The van der Waals surface area contributed by atoms with Crippen LogP contribution in [-0.2, 0) is 6.54 Å². The van der Waals surface area contributed by atoms with Gasteiger partial charge in [0.05, 0.1) is 30.7 Å². The molecule has 0 saturated heterocycles. The Kier molecular flexibility index (Phi) is 5.81. The van der Waals surface area contributed by atoms with E-state index in [2.05, 4.69) is 4.98 Å². The lowest BCUT2D eigenvalue weighted by atomic mass is 9.95. The fraction of sp³-hybridized carbons (Fsp3) is 0.320. The second-order valence-electron chi connectivity index (χ2n) is 8.39. The molecule has 0 aliphatic heterocycles. The lowest BCUT2D eigenvalue weighted by molar-refractivity contribution is 0.335. The number of methoxy groups -OCH3 is 1. The van der Waals surface area contributed by atoms with E-state index in [1.807, 2.05) is 36.4 Å². The van der Waals surface area contributed by atoms with Crippen molar-refractivity contribution in [1.82, 2.24) is 18.7 Å². The Morgan fingerprint density at radius 2 is 1.76 bits per heavy atom. The molecular formula is C25H25ClN4O3. The summed E-state index contributed by atoms with van der Waals surface area (Å²) in [4.78, 5) is 32.0. The van der Waals surface area contributed by atoms with Gasteiger partial charge in [-0.2, -0.15) is 0 Å². The Balaban J connectivity index is 1.79. The van der Waals surface area contributed by atoms with Crippen LogP contribution in [0.25, 0.3) is 16.9 Å². The first-order valence-corrected chi connectivity index (χ1v) is 11.6. The summed E-state index contributed by atoms with van der Waals surface area (Å²) in [6.45, 7) is 0.390. The van der Waals surface area contributed by atoms with E-state index in [-0.39, 0.29) is 11.6 Å². The van der Waals surface area contributed by atoms with Crippen molar-refractivity contribution in [2.24, 2.45) is 0 Å². The van der Waals surface area contributed by atoms with Crippen molar-refractivity contribution in [3.63, 3.8) is 0 Å². The topological polar surface area (TPSA) is 71.1 Å². The first-order chi connectivity index (χ1) is 16.1. The number of hydrogen-bond acceptors (Lipinski definition) is 4. The number of fused-ring (bicyclic) bond motifs is 1. The van der Waals surface area contributed by atoms with Gasteiger partial charge in [0, 0.05) is 11.6 Å². The van der Waals surface area contributed by atoms with Crippen molar-refractivity contribution in [3.8, 4) is 11.4 Å². The van der Waals surface area contributed by atoms with E-state index in [1.165, 1.54) is 9.13 Å². The minimum atomic E-state index is -0.393. The van der Waals surface area contributed by atoms with Crippen LogP contribution in [0.1, 0.15) is 43.7 Å². The van der Waals surface area contributed by atoms with Gasteiger partial charge in [-0.1, -0.05) is 61.2 Å². The Morgan fingerprint density at radius 1 is 1.03 bits per heavy atom. The smallest absolute Gasteiger partial charge is 0.337 e. The average Bonchev–Trinajstić information content (AvgIpc) is 3.25. The molecule has 5 rings (SSSR count). The predicted octanol–water partition coefficient (Wildman–Crippen LogP) is 4.56. The normalized spacial score (nSPS) is 14.6. The molecule has 0 radical (unpaired) electrons. The van der Waals surface area contributed by atoms with Crippen molar-refractivity contribution < 1.29 is 4.74 Å². The van der Waals surface area contributed by atoms with E-state index in [1.54, 1.807) is 30.1 Å². The predicted molar refractivity (Wildman–Crippen MR) is 129 cm³/mol. The summed E-state index contributed by atoms with van der Waals surface area (Å²) in [6, 6.07) is 14.7. The van der Waals surface area contributed by atoms with Crippen molar-refractivity contribution in [2.45, 2.75) is 44.7 Å². The number of benzene rings is 2. The van der Waals surface area contributed by atoms with E-state index in [0.717, 1.165) is 43.4 Å². The van der Waals surface area contributed by atoms with Gasteiger partial charge in [-0.15, -0.1) is 0 Å². The van der Waals surface area contributed by atoms with E-state index >= 15 is 0 Å². The number of halogens is 1. The minimum absolute atomic E-state index is 0.133. The largest absolute Gasteiger partial charge is 0.496 e. The van der Waals surface area contributed by atoms with Gasteiger partial charge in [-0.3, -0.25) is 9.36 Å². The van der Waals surface area contributed by atoms with Crippen LogP contribution in [0.4, 0.5) is 0 Å². The minimum Gasteiger partial charge on any atom is -0.496 e. The van der Waals surface area contributed by atoms with E-state index in [9.17, 15) is 9.59 Å². The Hall–Kier alpha value is -3.32. The van der Waals surface area contributed by atoms with Crippen molar-refractivity contribution in [2.75, 3.05) is 7.11 Å². The molecule has 2 aromatic heterocycles. The van der Waals surface area contributed by atoms with Crippen LogP contribution in [0.15, 0.2) is 64.4 Å². The number of para-hydroxylation sites is 2. The van der Waals surface area contributed by atoms with Crippen LogP contribution in [0.3, 0.4) is 0 Å². The van der Waals surface area contributed by atoms with Crippen LogP contribution in [0.2, 0.25) is 5.02 Å². The zero-order valence-corrected chi connectivity index (χ0v) is 19.2. The highest BCUT2D eigenvalue weighted by Crippen LogP contribution is 2.28. The van der Waals surface area contributed by atoms with Gasteiger partial charge >= 0.3 is 5.69 Å². The molecule has 170 valence electrons. The first kappa shape index (κ1) is 21.5. The summed E-state index contributed by atoms with van der Waals surface area (Å²) < 4.78 is 10.2. The molecule has 0 bridgehead atoms. The molecule has 1 saturated carbocycles. The molecule has 0 spiro atoms. The fourth-order valence-corrected chi connectivity index (χ4v) is 5.02. The third kappa shape index (κ3) is 3.76. The quantitative estimate of drug-likeness (QED) is 0.434. The molecule has 0 N–H and O–H groups in total. The highest BCUT2D eigenvalue weighted by Gasteiger charge is 2.26. The molecule has 33 heavy (non-hydrogen) atoms. The van der Waals surface area contributed by atoms with Crippen LogP contribution < -0.4 is 16.0 Å². The second kappa shape index (κ2) is 8.90. The molecule has 0 atom stereocenters. The summed E-state index contributed by atoms with van der Waals surface area (Å²) in [5.74, 6) is 0.728. The summed E-state index contributed by atoms with van der Waals surface area (Å²) in [6.07, 6.45) is 6.35. The highest BCUT2D eigenvalue weighted by atomic mass is 35.5. The van der Waals surface area contributed by atoms with Crippen LogP contribution >= 0.6 is 11.6 Å². The Bertz CT molecular complexity index is 1430. The van der Waals surface area contributed by atoms with Gasteiger partial charge in [0.2, 0.25) is 0 Å². The van der Waals surface area contributed by atoms with Crippen molar-refractivity contribution >= 4 is 22.8 Å². The maximum absolute atomic E-state index is 13.8. The Labute approximate surface area is 195 Å². The molecule has 7 nitrogen and oxygen atoms in total. The molecule has 1 aliphatic rings. The molecule has 4 aromatic rings. The zero-order chi connectivity index (χ0) is 22.9. The van der Waals surface area contributed by atoms with Gasteiger partial charge in [0.25, 0.3) is 5.56 Å². The molecule has 1 fully saturated rings. The fourth-order valence-electron chi connectivity index (χ4n) is 4.80. The van der Waals surface area contributed by atoms with E-state index in [0.29, 0.717) is 28.4 Å².